The lowest BCUT2D eigenvalue weighted by atomic mass is 10.1. The SMILES string of the molecule is COc1ccc(CN2CCN(c3ccc([N+](=O)[O-])cc3)CC2)cc1OC. The highest BCUT2D eigenvalue weighted by molar-refractivity contribution is 5.51. The highest BCUT2D eigenvalue weighted by Crippen LogP contribution is 2.28. The van der Waals surface area contributed by atoms with Crippen LogP contribution in [-0.4, -0.2) is 50.2 Å². The molecule has 0 unspecified atom stereocenters. The number of hydrogen-bond acceptors (Lipinski definition) is 6. The minimum absolute atomic E-state index is 0.126. The molecule has 0 saturated carbocycles. The second-order valence-electron chi connectivity index (χ2n) is 6.23. The predicted molar refractivity (Wildman–Crippen MR) is 100 cm³/mol. The van der Waals surface area contributed by atoms with Gasteiger partial charge in [0.2, 0.25) is 0 Å². The van der Waals surface area contributed by atoms with Crippen LogP contribution in [0.3, 0.4) is 0 Å². The van der Waals surface area contributed by atoms with Crippen molar-refractivity contribution in [3.8, 4) is 11.5 Å². The molecule has 3 rings (SSSR count). The van der Waals surface area contributed by atoms with Crippen LogP contribution in [0.5, 0.6) is 11.5 Å². The Kier molecular flexibility index (Phi) is 5.58. The molecule has 1 heterocycles. The van der Waals surface area contributed by atoms with Crippen molar-refractivity contribution in [3.63, 3.8) is 0 Å². The van der Waals surface area contributed by atoms with Crippen LogP contribution in [0.1, 0.15) is 5.56 Å². The van der Waals surface area contributed by atoms with Crippen LogP contribution in [0.4, 0.5) is 11.4 Å². The first-order valence-corrected chi connectivity index (χ1v) is 8.53. The highest BCUT2D eigenvalue weighted by atomic mass is 16.6. The van der Waals surface area contributed by atoms with Gasteiger partial charge in [-0.15, -0.1) is 0 Å². The minimum atomic E-state index is -0.370. The van der Waals surface area contributed by atoms with Gasteiger partial charge in [-0.1, -0.05) is 6.07 Å². The summed E-state index contributed by atoms with van der Waals surface area (Å²) in [6.07, 6.45) is 0. The van der Waals surface area contributed by atoms with Crippen molar-refractivity contribution >= 4 is 11.4 Å². The molecule has 138 valence electrons. The highest BCUT2D eigenvalue weighted by Gasteiger charge is 2.18. The Bertz CT molecular complexity index is 756. The number of methoxy groups -OCH3 is 2. The van der Waals surface area contributed by atoms with E-state index in [4.69, 9.17) is 9.47 Å². The molecule has 0 bridgehead atoms. The molecule has 0 atom stereocenters. The summed E-state index contributed by atoms with van der Waals surface area (Å²) < 4.78 is 10.6. The molecule has 1 aliphatic rings. The molecule has 2 aromatic rings. The normalized spacial score (nSPS) is 14.9. The number of benzene rings is 2. The van der Waals surface area contributed by atoms with E-state index >= 15 is 0 Å². The molecule has 26 heavy (non-hydrogen) atoms. The van der Waals surface area contributed by atoms with Gasteiger partial charge in [0.1, 0.15) is 0 Å². The van der Waals surface area contributed by atoms with Crippen LogP contribution >= 0.6 is 0 Å². The lowest BCUT2D eigenvalue weighted by Gasteiger charge is -2.36. The molecule has 7 heteroatoms. The van der Waals surface area contributed by atoms with Crippen LogP contribution in [0.25, 0.3) is 0 Å². The second kappa shape index (κ2) is 8.05. The molecule has 0 amide bonds. The molecule has 0 spiro atoms. The molecular formula is C19H23N3O4. The predicted octanol–water partition coefficient (Wildman–Crippen LogP) is 2.93. The topological polar surface area (TPSA) is 68.1 Å². The number of nitrogens with zero attached hydrogens (tertiary/aromatic N) is 3. The number of nitro benzene ring substituents is 1. The second-order valence-corrected chi connectivity index (χ2v) is 6.23. The number of nitro groups is 1. The molecule has 0 aromatic heterocycles. The van der Waals surface area contributed by atoms with E-state index in [1.54, 1.807) is 26.4 Å². The largest absolute Gasteiger partial charge is 0.493 e. The molecule has 1 fully saturated rings. The third-order valence-electron chi connectivity index (χ3n) is 4.65. The molecule has 7 nitrogen and oxygen atoms in total. The van der Waals surface area contributed by atoms with Crippen LogP contribution < -0.4 is 14.4 Å². The fraction of sp³-hybridized carbons (Fsp3) is 0.368. The quantitative estimate of drug-likeness (QED) is 0.585. The van der Waals surface area contributed by atoms with Gasteiger partial charge in [-0.2, -0.15) is 0 Å². The summed E-state index contributed by atoms with van der Waals surface area (Å²) in [5.74, 6) is 1.48. The molecular weight excluding hydrogens is 334 g/mol. The van der Waals surface area contributed by atoms with E-state index in [1.807, 2.05) is 24.3 Å². The minimum Gasteiger partial charge on any atom is -0.493 e. The molecule has 0 aliphatic carbocycles. The van der Waals surface area contributed by atoms with Crippen molar-refractivity contribution in [2.24, 2.45) is 0 Å². The Morgan fingerprint density at radius 3 is 2.19 bits per heavy atom. The van der Waals surface area contributed by atoms with Gasteiger partial charge in [-0.25, -0.2) is 0 Å². The standard InChI is InChI=1S/C19H23N3O4/c1-25-18-8-3-15(13-19(18)26-2)14-20-9-11-21(12-10-20)16-4-6-17(7-5-16)22(23)24/h3-8,13H,9-12,14H2,1-2H3. The Hall–Kier alpha value is -2.80. The average molecular weight is 357 g/mol. The number of non-ortho nitro benzene ring substituents is 1. The van der Waals surface area contributed by atoms with Gasteiger partial charge in [-0.05, 0) is 29.8 Å². The van der Waals surface area contributed by atoms with Crippen molar-refractivity contribution in [1.82, 2.24) is 4.90 Å². The fourth-order valence-corrected chi connectivity index (χ4v) is 3.19. The van der Waals surface area contributed by atoms with Crippen LogP contribution in [-0.2, 0) is 6.54 Å². The number of ether oxygens (including phenoxy) is 2. The van der Waals surface area contributed by atoms with E-state index in [2.05, 4.69) is 15.9 Å². The summed E-state index contributed by atoms with van der Waals surface area (Å²) >= 11 is 0. The van der Waals surface area contributed by atoms with E-state index in [0.717, 1.165) is 49.9 Å². The number of piperazine rings is 1. The van der Waals surface area contributed by atoms with Gasteiger partial charge in [0.25, 0.3) is 5.69 Å². The van der Waals surface area contributed by atoms with Gasteiger partial charge in [0, 0.05) is 50.5 Å². The van der Waals surface area contributed by atoms with E-state index in [-0.39, 0.29) is 10.6 Å². The fourth-order valence-electron chi connectivity index (χ4n) is 3.19. The van der Waals surface area contributed by atoms with Gasteiger partial charge >= 0.3 is 0 Å². The first-order chi connectivity index (χ1) is 12.6. The maximum absolute atomic E-state index is 10.8. The Balaban J connectivity index is 1.57. The lowest BCUT2D eigenvalue weighted by Crippen LogP contribution is -2.45. The summed E-state index contributed by atoms with van der Waals surface area (Å²) in [6, 6.07) is 12.8. The van der Waals surface area contributed by atoms with Gasteiger partial charge < -0.3 is 14.4 Å². The molecule has 0 N–H and O–H groups in total. The maximum Gasteiger partial charge on any atom is 0.269 e. The lowest BCUT2D eigenvalue weighted by molar-refractivity contribution is -0.384. The van der Waals surface area contributed by atoms with Crippen molar-refractivity contribution in [3.05, 3.63) is 58.1 Å². The van der Waals surface area contributed by atoms with Crippen molar-refractivity contribution in [2.45, 2.75) is 6.54 Å². The van der Waals surface area contributed by atoms with Crippen LogP contribution in [0.15, 0.2) is 42.5 Å². The molecule has 1 aliphatic heterocycles. The summed E-state index contributed by atoms with van der Waals surface area (Å²) in [6.45, 7) is 4.52. The zero-order valence-corrected chi connectivity index (χ0v) is 15.1. The van der Waals surface area contributed by atoms with E-state index < -0.39 is 0 Å². The first kappa shape index (κ1) is 18.0. The number of hydrogen-bond donors (Lipinski definition) is 0. The summed E-state index contributed by atoms with van der Waals surface area (Å²) in [7, 11) is 3.28. The first-order valence-electron chi connectivity index (χ1n) is 8.53. The smallest absolute Gasteiger partial charge is 0.269 e. The molecule has 0 radical (unpaired) electrons. The van der Waals surface area contributed by atoms with E-state index in [1.165, 1.54) is 5.56 Å². The number of rotatable bonds is 6. The van der Waals surface area contributed by atoms with Crippen molar-refractivity contribution in [2.75, 3.05) is 45.3 Å². The summed E-state index contributed by atoms with van der Waals surface area (Å²) in [5, 5.41) is 10.8. The third kappa shape index (κ3) is 4.05. The van der Waals surface area contributed by atoms with Crippen molar-refractivity contribution < 1.29 is 14.4 Å². The summed E-state index contributed by atoms with van der Waals surface area (Å²) in [4.78, 5) is 15.0. The third-order valence-corrected chi connectivity index (χ3v) is 4.65. The monoisotopic (exact) mass is 357 g/mol. The van der Waals surface area contributed by atoms with E-state index in [0.29, 0.717) is 0 Å². The van der Waals surface area contributed by atoms with Gasteiger partial charge in [0.15, 0.2) is 11.5 Å². The zero-order valence-electron chi connectivity index (χ0n) is 15.1. The zero-order chi connectivity index (χ0) is 18.5. The van der Waals surface area contributed by atoms with Crippen molar-refractivity contribution in [1.29, 1.82) is 0 Å². The average Bonchev–Trinajstić information content (AvgIpc) is 2.68. The van der Waals surface area contributed by atoms with Crippen LogP contribution in [0, 0.1) is 10.1 Å². The van der Waals surface area contributed by atoms with Gasteiger partial charge in [0.05, 0.1) is 19.1 Å². The molecule has 2 aromatic carbocycles. The Morgan fingerprint density at radius 2 is 1.62 bits per heavy atom. The Morgan fingerprint density at radius 1 is 0.962 bits per heavy atom. The van der Waals surface area contributed by atoms with E-state index in [9.17, 15) is 10.1 Å². The van der Waals surface area contributed by atoms with Gasteiger partial charge in [-0.3, -0.25) is 15.0 Å². The maximum atomic E-state index is 10.8. The molecule has 1 saturated heterocycles. The van der Waals surface area contributed by atoms with Crippen LogP contribution in [0.2, 0.25) is 0 Å². The number of anilines is 1. The summed E-state index contributed by atoms with van der Waals surface area (Å²) in [5.41, 5.74) is 2.34. The Labute approximate surface area is 152 Å².